The largest absolute Gasteiger partial charge is 0.476 e. The second-order valence-corrected chi connectivity index (χ2v) is 4.10. The maximum Gasteiger partial charge on any atom is 0.355 e. The third-order valence-corrected chi connectivity index (χ3v) is 2.70. The lowest BCUT2D eigenvalue weighted by molar-refractivity contribution is 0.0691. The fourth-order valence-electron chi connectivity index (χ4n) is 1.92. The maximum atomic E-state index is 11.1. The van der Waals surface area contributed by atoms with Gasteiger partial charge in [0.05, 0.1) is 5.69 Å². The van der Waals surface area contributed by atoms with Crippen LogP contribution in [-0.2, 0) is 6.54 Å². The highest BCUT2D eigenvalue weighted by molar-refractivity contribution is 5.94. The van der Waals surface area contributed by atoms with Gasteiger partial charge in [0.1, 0.15) is 0 Å². The molecule has 0 aliphatic heterocycles. The molecule has 2 rings (SSSR count). The summed E-state index contributed by atoms with van der Waals surface area (Å²) in [5.74, 6) is -1.02. The van der Waals surface area contributed by atoms with Crippen LogP contribution in [0.5, 0.6) is 0 Å². The molecular formula is C13H15N3O2. The van der Waals surface area contributed by atoms with Crippen molar-refractivity contribution in [3.05, 3.63) is 35.9 Å². The summed E-state index contributed by atoms with van der Waals surface area (Å²) in [5, 5.41) is 13.5. The van der Waals surface area contributed by atoms with Gasteiger partial charge in [0.15, 0.2) is 5.69 Å². The molecule has 0 amide bonds. The summed E-state index contributed by atoms with van der Waals surface area (Å²) in [6, 6.07) is 3.50. The second-order valence-electron chi connectivity index (χ2n) is 4.10. The minimum absolute atomic E-state index is 0.0663. The maximum absolute atomic E-state index is 11.1. The van der Waals surface area contributed by atoms with Crippen LogP contribution in [0, 0.1) is 6.92 Å². The molecule has 0 aliphatic rings. The Morgan fingerprint density at radius 1 is 1.44 bits per heavy atom. The predicted octanol–water partition coefficient (Wildman–Crippen LogP) is 2.36. The van der Waals surface area contributed by atoms with E-state index in [0.717, 1.165) is 24.2 Å². The Morgan fingerprint density at radius 3 is 2.89 bits per heavy atom. The zero-order valence-corrected chi connectivity index (χ0v) is 10.4. The lowest BCUT2D eigenvalue weighted by Crippen LogP contribution is -2.02. The van der Waals surface area contributed by atoms with Gasteiger partial charge < -0.3 is 5.11 Å². The summed E-state index contributed by atoms with van der Waals surface area (Å²) in [7, 11) is 0. The normalized spacial score (nSPS) is 10.6. The smallest absolute Gasteiger partial charge is 0.355 e. The molecule has 0 radical (unpaired) electrons. The van der Waals surface area contributed by atoms with Crippen molar-refractivity contribution in [2.24, 2.45) is 0 Å². The quantitative estimate of drug-likeness (QED) is 0.897. The topological polar surface area (TPSA) is 68.0 Å². The van der Waals surface area contributed by atoms with Crippen molar-refractivity contribution in [3.63, 3.8) is 0 Å². The van der Waals surface area contributed by atoms with Crippen LogP contribution in [0.25, 0.3) is 11.1 Å². The number of aromatic nitrogens is 3. The Balaban J connectivity index is 2.51. The number of carboxylic acid groups (broad SMARTS) is 1. The van der Waals surface area contributed by atoms with Crippen LogP contribution < -0.4 is 0 Å². The highest BCUT2D eigenvalue weighted by atomic mass is 16.4. The van der Waals surface area contributed by atoms with Gasteiger partial charge in [-0.25, -0.2) is 9.78 Å². The molecule has 2 heterocycles. The van der Waals surface area contributed by atoms with Crippen molar-refractivity contribution < 1.29 is 9.90 Å². The van der Waals surface area contributed by atoms with Crippen molar-refractivity contribution >= 4 is 5.97 Å². The fraction of sp³-hybridized carbons (Fsp3) is 0.308. The first kappa shape index (κ1) is 12.3. The van der Waals surface area contributed by atoms with E-state index in [4.69, 9.17) is 5.11 Å². The molecule has 0 aromatic carbocycles. The summed E-state index contributed by atoms with van der Waals surface area (Å²) >= 11 is 0. The molecule has 0 atom stereocenters. The van der Waals surface area contributed by atoms with Gasteiger partial charge in [0, 0.05) is 30.1 Å². The molecule has 18 heavy (non-hydrogen) atoms. The number of nitrogens with zero attached hydrogens (tertiary/aromatic N) is 3. The number of pyridine rings is 1. The zero-order valence-electron chi connectivity index (χ0n) is 10.4. The average molecular weight is 245 g/mol. The third kappa shape index (κ3) is 2.25. The predicted molar refractivity (Wildman–Crippen MR) is 67.4 cm³/mol. The van der Waals surface area contributed by atoms with E-state index in [-0.39, 0.29) is 5.69 Å². The number of hydrogen-bond acceptors (Lipinski definition) is 3. The summed E-state index contributed by atoms with van der Waals surface area (Å²) in [6.45, 7) is 4.77. The van der Waals surface area contributed by atoms with E-state index in [1.165, 1.54) is 6.20 Å². The molecular weight excluding hydrogens is 230 g/mol. The molecule has 94 valence electrons. The van der Waals surface area contributed by atoms with Crippen molar-refractivity contribution in [2.75, 3.05) is 0 Å². The lowest BCUT2D eigenvalue weighted by atomic mass is 10.1. The van der Waals surface area contributed by atoms with E-state index < -0.39 is 5.97 Å². The molecule has 0 saturated carbocycles. The van der Waals surface area contributed by atoms with Gasteiger partial charge >= 0.3 is 5.97 Å². The Kier molecular flexibility index (Phi) is 3.41. The molecule has 0 spiro atoms. The molecule has 0 aliphatic carbocycles. The molecule has 1 N–H and O–H groups in total. The van der Waals surface area contributed by atoms with Gasteiger partial charge in [-0.3, -0.25) is 4.68 Å². The number of hydrogen-bond donors (Lipinski definition) is 1. The molecule has 0 bridgehead atoms. The summed E-state index contributed by atoms with van der Waals surface area (Å²) in [4.78, 5) is 15.1. The van der Waals surface area contributed by atoms with Crippen molar-refractivity contribution in [1.82, 2.24) is 14.8 Å². The Hall–Kier alpha value is -2.17. The zero-order chi connectivity index (χ0) is 13.1. The van der Waals surface area contributed by atoms with Crippen LogP contribution >= 0.6 is 0 Å². The molecule has 0 saturated heterocycles. The molecule has 2 aromatic heterocycles. The van der Waals surface area contributed by atoms with Crippen LogP contribution in [0.3, 0.4) is 0 Å². The van der Waals surface area contributed by atoms with Crippen LogP contribution in [0.1, 0.15) is 29.5 Å². The molecule has 5 nitrogen and oxygen atoms in total. The minimum Gasteiger partial charge on any atom is -0.476 e. The Labute approximate surface area is 105 Å². The van der Waals surface area contributed by atoms with Gasteiger partial charge in [-0.2, -0.15) is 5.10 Å². The molecule has 5 heteroatoms. The number of rotatable bonds is 4. The first-order valence-electron chi connectivity index (χ1n) is 5.86. The number of aryl methyl sites for hydroxylation is 2. The van der Waals surface area contributed by atoms with E-state index in [9.17, 15) is 4.79 Å². The average Bonchev–Trinajstić information content (AvgIpc) is 2.70. The highest BCUT2D eigenvalue weighted by Gasteiger charge is 2.16. The van der Waals surface area contributed by atoms with E-state index in [1.54, 1.807) is 12.1 Å². The summed E-state index contributed by atoms with van der Waals surface area (Å²) in [6.07, 6.45) is 4.35. The standard InChI is InChI=1S/C13H15N3O2/c1-3-7-16-8-11(9(2)15-16)10-5-4-6-14-12(10)13(17)18/h4-6,8H,3,7H2,1-2H3,(H,17,18). The minimum atomic E-state index is -1.02. The Morgan fingerprint density at radius 2 is 2.22 bits per heavy atom. The Bertz CT molecular complexity index is 575. The number of carbonyl (C=O) groups is 1. The second kappa shape index (κ2) is 5.00. The van der Waals surface area contributed by atoms with Crippen molar-refractivity contribution in [2.45, 2.75) is 26.8 Å². The summed E-state index contributed by atoms with van der Waals surface area (Å²) in [5.41, 5.74) is 2.33. The van der Waals surface area contributed by atoms with Crippen LogP contribution in [0.4, 0.5) is 0 Å². The molecule has 0 fully saturated rings. The summed E-state index contributed by atoms with van der Waals surface area (Å²) < 4.78 is 1.84. The van der Waals surface area contributed by atoms with E-state index in [0.29, 0.717) is 5.56 Å². The van der Waals surface area contributed by atoms with Crippen LogP contribution in [-0.4, -0.2) is 25.8 Å². The van der Waals surface area contributed by atoms with Crippen molar-refractivity contribution in [1.29, 1.82) is 0 Å². The third-order valence-electron chi connectivity index (χ3n) is 2.70. The first-order chi connectivity index (χ1) is 8.63. The van der Waals surface area contributed by atoms with E-state index >= 15 is 0 Å². The number of aromatic carboxylic acids is 1. The fourth-order valence-corrected chi connectivity index (χ4v) is 1.92. The van der Waals surface area contributed by atoms with Crippen molar-refractivity contribution in [3.8, 4) is 11.1 Å². The lowest BCUT2D eigenvalue weighted by Gasteiger charge is -2.02. The van der Waals surface area contributed by atoms with Gasteiger partial charge in [0.2, 0.25) is 0 Å². The van der Waals surface area contributed by atoms with Crippen LogP contribution in [0.15, 0.2) is 24.5 Å². The number of carboxylic acids is 1. The molecule has 0 unspecified atom stereocenters. The molecule has 2 aromatic rings. The monoisotopic (exact) mass is 245 g/mol. The SMILES string of the molecule is CCCn1cc(-c2cccnc2C(=O)O)c(C)n1. The van der Waals surface area contributed by atoms with Crippen LogP contribution in [0.2, 0.25) is 0 Å². The van der Waals surface area contributed by atoms with Gasteiger partial charge in [-0.05, 0) is 19.4 Å². The first-order valence-corrected chi connectivity index (χ1v) is 5.86. The highest BCUT2D eigenvalue weighted by Crippen LogP contribution is 2.25. The van der Waals surface area contributed by atoms with E-state index in [1.807, 2.05) is 17.8 Å². The van der Waals surface area contributed by atoms with Gasteiger partial charge in [-0.15, -0.1) is 0 Å². The van der Waals surface area contributed by atoms with Gasteiger partial charge in [-0.1, -0.05) is 13.0 Å². The van der Waals surface area contributed by atoms with Gasteiger partial charge in [0.25, 0.3) is 0 Å². The van der Waals surface area contributed by atoms with E-state index in [2.05, 4.69) is 17.0 Å².